The van der Waals surface area contributed by atoms with E-state index in [0.717, 1.165) is 5.57 Å². The molecule has 3 aromatic rings. The second-order valence-electron chi connectivity index (χ2n) is 6.88. The summed E-state index contributed by atoms with van der Waals surface area (Å²) in [6.07, 6.45) is 0. The summed E-state index contributed by atoms with van der Waals surface area (Å²) < 4.78 is 0. The number of fused-ring (bicyclic) bond motifs is 1. The minimum Gasteiger partial charge on any atom is -0.0905 e. The van der Waals surface area contributed by atoms with E-state index >= 15 is 0 Å². The Balaban J connectivity index is 1.97. The van der Waals surface area contributed by atoms with Crippen LogP contribution in [-0.2, 0) is 5.41 Å². The Morgan fingerprint density at radius 2 is 1.32 bits per heavy atom. The fourth-order valence-electron chi connectivity index (χ4n) is 4.11. The zero-order valence-corrected chi connectivity index (χ0v) is 14.8. The third-order valence-corrected chi connectivity index (χ3v) is 5.64. The Morgan fingerprint density at radius 1 is 0.760 bits per heavy atom. The average molecular weight is 322 g/mol. The molecular formula is C25H22. The Labute approximate surface area is 150 Å². The van der Waals surface area contributed by atoms with E-state index in [1.54, 1.807) is 0 Å². The summed E-state index contributed by atoms with van der Waals surface area (Å²) in [6.45, 7) is 9.05. The molecule has 1 atom stereocenters. The Hall–Kier alpha value is -2.86. The molecule has 3 aromatic carbocycles. The highest BCUT2D eigenvalue weighted by Gasteiger charge is 2.40. The summed E-state index contributed by atoms with van der Waals surface area (Å²) in [4.78, 5) is 0. The molecule has 4 rings (SSSR count). The largest absolute Gasteiger partial charge is 0.0905 e. The van der Waals surface area contributed by atoms with Crippen LogP contribution in [0.15, 0.2) is 97.1 Å². The summed E-state index contributed by atoms with van der Waals surface area (Å²) in [5, 5.41) is 0. The van der Waals surface area contributed by atoms with Crippen LogP contribution in [0.2, 0.25) is 0 Å². The van der Waals surface area contributed by atoms with Gasteiger partial charge in [-0.25, -0.2) is 0 Å². The van der Waals surface area contributed by atoms with Gasteiger partial charge in [-0.05, 0) is 47.2 Å². The lowest BCUT2D eigenvalue weighted by atomic mass is 9.74. The first-order valence-corrected chi connectivity index (χ1v) is 8.75. The van der Waals surface area contributed by atoms with Gasteiger partial charge in [-0.2, -0.15) is 0 Å². The number of allylic oxidation sites excluding steroid dienone is 3. The molecule has 1 aliphatic rings. The Bertz CT molecular complexity index is 961. The lowest BCUT2D eigenvalue weighted by Gasteiger charge is -2.29. The van der Waals surface area contributed by atoms with E-state index in [1.807, 2.05) is 0 Å². The van der Waals surface area contributed by atoms with Crippen molar-refractivity contribution in [2.24, 2.45) is 0 Å². The van der Waals surface area contributed by atoms with Crippen molar-refractivity contribution in [2.75, 3.05) is 0 Å². The van der Waals surface area contributed by atoms with Crippen LogP contribution in [0.1, 0.15) is 36.1 Å². The third kappa shape index (κ3) is 2.29. The van der Waals surface area contributed by atoms with E-state index in [9.17, 15) is 0 Å². The standard InChI is InChI=1S/C25H22/c1-18(20-12-6-4-7-13-20)24-19(2)25(3,21-14-8-5-9-15-21)23-17-11-10-16-22(23)24/h4-17H,1H2,2-3H3. The molecule has 25 heavy (non-hydrogen) atoms. The number of benzene rings is 3. The molecule has 1 aliphatic carbocycles. The predicted molar refractivity (Wildman–Crippen MR) is 107 cm³/mol. The maximum atomic E-state index is 4.46. The molecule has 122 valence electrons. The molecule has 0 saturated heterocycles. The van der Waals surface area contributed by atoms with E-state index in [1.165, 1.54) is 33.4 Å². The van der Waals surface area contributed by atoms with Crippen molar-refractivity contribution in [3.63, 3.8) is 0 Å². The van der Waals surface area contributed by atoms with Crippen molar-refractivity contribution >= 4 is 11.1 Å². The third-order valence-electron chi connectivity index (χ3n) is 5.64. The zero-order valence-electron chi connectivity index (χ0n) is 14.8. The van der Waals surface area contributed by atoms with Crippen molar-refractivity contribution in [3.8, 4) is 0 Å². The molecule has 0 N–H and O–H groups in total. The molecular weight excluding hydrogens is 300 g/mol. The lowest BCUT2D eigenvalue weighted by Crippen LogP contribution is -2.22. The van der Waals surface area contributed by atoms with Gasteiger partial charge in [0.15, 0.2) is 0 Å². The van der Waals surface area contributed by atoms with Crippen molar-refractivity contribution < 1.29 is 0 Å². The fraction of sp³-hybridized carbons (Fsp3) is 0.120. The minimum absolute atomic E-state index is 0.120. The second-order valence-corrected chi connectivity index (χ2v) is 6.88. The van der Waals surface area contributed by atoms with E-state index in [-0.39, 0.29) is 5.41 Å². The highest BCUT2D eigenvalue weighted by atomic mass is 14.4. The highest BCUT2D eigenvalue weighted by molar-refractivity contribution is 6.09. The smallest absolute Gasteiger partial charge is 0.0395 e. The van der Waals surface area contributed by atoms with Gasteiger partial charge in [-0.15, -0.1) is 0 Å². The Morgan fingerprint density at radius 3 is 2.00 bits per heavy atom. The maximum Gasteiger partial charge on any atom is 0.0395 e. The van der Waals surface area contributed by atoms with Crippen LogP contribution in [0.4, 0.5) is 0 Å². The van der Waals surface area contributed by atoms with Crippen molar-refractivity contribution in [1.29, 1.82) is 0 Å². The molecule has 0 aliphatic heterocycles. The van der Waals surface area contributed by atoms with Gasteiger partial charge in [0, 0.05) is 5.41 Å². The van der Waals surface area contributed by atoms with Crippen molar-refractivity contribution in [1.82, 2.24) is 0 Å². The first-order valence-electron chi connectivity index (χ1n) is 8.75. The topological polar surface area (TPSA) is 0 Å². The van der Waals surface area contributed by atoms with E-state index < -0.39 is 0 Å². The SMILES string of the molecule is C=C(C1=C(C)C(C)(c2ccccc2)c2ccccc21)c1ccccc1. The zero-order chi connectivity index (χ0) is 17.4. The van der Waals surface area contributed by atoms with Gasteiger partial charge in [0.05, 0.1) is 0 Å². The first-order chi connectivity index (χ1) is 12.1. The van der Waals surface area contributed by atoms with Gasteiger partial charge >= 0.3 is 0 Å². The molecule has 0 heteroatoms. The monoisotopic (exact) mass is 322 g/mol. The first kappa shape index (κ1) is 15.7. The van der Waals surface area contributed by atoms with Crippen LogP contribution in [0.25, 0.3) is 11.1 Å². The van der Waals surface area contributed by atoms with Gasteiger partial charge < -0.3 is 0 Å². The number of rotatable bonds is 3. The summed E-state index contributed by atoms with van der Waals surface area (Å²) in [6, 6.07) is 30.0. The van der Waals surface area contributed by atoms with Gasteiger partial charge in [0.2, 0.25) is 0 Å². The molecule has 0 heterocycles. The van der Waals surface area contributed by atoms with E-state index in [0.29, 0.717) is 0 Å². The molecule has 0 fully saturated rings. The normalized spacial score (nSPS) is 19.0. The summed E-state index contributed by atoms with van der Waals surface area (Å²) >= 11 is 0. The summed E-state index contributed by atoms with van der Waals surface area (Å²) in [5.74, 6) is 0. The fourth-order valence-corrected chi connectivity index (χ4v) is 4.11. The summed E-state index contributed by atoms with van der Waals surface area (Å²) in [5.41, 5.74) is 8.82. The quantitative estimate of drug-likeness (QED) is 0.517. The maximum absolute atomic E-state index is 4.46. The molecule has 1 unspecified atom stereocenters. The van der Waals surface area contributed by atoms with Crippen LogP contribution in [0.5, 0.6) is 0 Å². The van der Waals surface area contributed by atoms with Gasteiger partial charge in [0.25, 0.3) is 0 Å². The van der Waals surface area contributed by atoms with Crippen LogP contribution in [0, 0.1) is 0 Å². The average Bonchev–Trinajstić information content (AvgIpc) is 2.91. The van der Waals surface area contributed by atoms with E-state index in [2.05, 4.69) is 105 Å². The van der Waals surface area contributed by atoms with Crippen LogP contribution in [-0.4, -0.2) is 0 Å². The van der Waals surface area contributed by atoms with Gasteiger partial charge in [0.1, 0.15) is 0 Å². The van der Waals surface area contributed by atoms with Crippen LogP contribution in [0.3, 0.4) is 0 Å². The predicted octanol–water partition coefficient (Wildman–Crippen LogP) is 6.49. The van der Waals surface area contributed by atoms with Crippen LogP contribution < -0.4 is 0 Å². The van der Waals surface area contributed by atoms with Crippen LogP contribution >= 0.6 is 0 Å². The molecule has 0 nitrogen and oxygen atoms in total. The number of hydrogen-bond donors (Lipinski definition) is 0. The molecule has 0 radical (unpaired) electrons. The highest BCUT2D eigenvalue weighted by Crippen LogP contribution is 2.53. The van der Waals surface area contributed by atoms with Crippen molar-refractivity contribution in [2.45, 2.75) is 19.3 Å². The second kappa shape index (κ2) is 5.89. The molecule has 0 aromatic heterocycles. The van der Waals surface area contributed by atoms with E-state index in [4.69, 9.17) is 0 Å². The van der Waals surface area contributed by atoms with Crippen molar-refractivity contribution in [3.05, 3.63) is 119 Å². The molecule has 0 bridgehead atoms. The molecule has 0 amide bonds. The minimum atomic E-state index is -0.120. The Kier molecular flexibility index (Phi) is 3.69. The van der Waals surface area contributed by atoms with Gasteiger partial charge in [-0.1, -0.05) is 97.1 Å². The molecule has 0 spiro atoms. The molecule has 0 saturated carbocycles. The summed E-state index contributed by atoms with van der Waals surface area (Å²) in [7, 11) is 0. The van der Waals surface area contributed by atoms with Gasteiger partial charge in [-0.3, -0.25) is 0 Å². The lowest BCUT2D eigenvalue weighted by molar-refractivity contribution is 0.691. The number of hydrogen-bond acceptors (Lipinski definition) is 0.